The van der Waals surface area contributed by atoms with Crippen LogP contribution >= 0.6 is 0 Å². The van der Waals surface area contributed by atoms with E-state index in [1.807, 2.05) is 0 Å². The Morgan fingerprint density at radius 1 is 1.12 bits per heavy atom. The van der Waals surface area contributed by atoms with Crippen molar-refractivity contribution in [3.63, 3.8) is 0 Å². The van der Waals surface area contributed by atoms with Gasteiger partial charge >= 0.3 is 0 Å². The van der Waals surface area contributed by atoms with E-state index in [2.05, 4.69) is 53.6 Å². The predicted octanol–water partition coefficient (Wildman–Crippen LogP) is 4.98. The van der Waals surface area contributed by atoms with E-state index in [4.69, 9.17) is 10.8 Å². The Hall–Kier alpha value is -0.263. The molecule has 1 atom stereocenters. The van der Waals surface area contributed by atoms with Crippen LogP contribution in [0.25, 0.3) is 0 Å². The first-order valence-electron chi connectivity index (χ1n) is 6.76. The zero-order valence-corrected chi connectivity index (χ0v) is 13.8. The lowest BCUT2D eigenvalue weighted by Gasteiger charge is -2.42. The lowest BCUT2D eigenvalue weighted by molar-refractivity contribution is 0.119. The van der Waals surface area contributed by atoms with Gasteiger partial charge in [0.15, 0.2) is 8.32 Å². The number of terminal acetylenes is 1. The molecule has 0 bridgehead atoms. The third kappa shape index (κ3) is 5.27. The van der Waals surface area contributed by atoms with Crippen molar-refractivity contribution in [2.24, 2.45) is 0 Å². The second kappa shape index (κ2) is 6.07. The van der Waals surface area contributed by atoms with Gasteiger partial charge in [0.05, 0.1) is 0 Å². The van der Waals surface area contributed by atoms with Crippen LogP contribution in [0, 0.1) is 12.3 Å². The molecule has 0 rings (SSSR count). The monoisotopic (exact) mass is 254 g/mol. The molecule has 0 saturated carbocycles. The fourth-order valence-electron chi connectivity index (χ4n) is 1.58. The van der Waals surface area contributed by atoms with Crippen molar-refractivity contribution in [2.75, 3.05) is 0 Å². The normalized spacial score (nSPS) is 16.4. The van der Waals surface area contributed by atoms with Crippen LogP contribution < -0.4 is 0 Å². The Kier molecular flexibility index (Phi) is 5.97. The summed E-state index contributed by atoms with van der Waals surface area (Å²) < 4.78 is 6.39. The van der Waals surface area contributed by atoms with Gasteiger partial charge in [-0.3, -0.25) is 0 Å². The van der Waals surface area contributed by atoms with Crippen LogP contribution in [-0.4, -0.2) is 13.9 Å². The molecule has 0 aromatic rings. The van der Waals surface area contributed by atoms with Gasteiger partial charge in [-0.15, -0.1) is 6.42 Å². The van der Waals surface area contributed by atoms with E-state index in [0.717, 1.165) is 12.8 Å². The van der Waals surface area contributed by atoms with E-state index in [1.165, 1.54) is 12.8 Å². The second-order valence-electron chi connectivity index (χ2n) is 6.69. The molecule has 0 aromatic heterocycles. The molecular weight excluding hydrogens is 224 g/mol. The molecule has 1 unspecified atom stereocenters. The van der Waals surface area contributed by atoms with Gasteiger partial charge in [0.2, 0.25) is 0 Å². The minimum absolute atomic E-state index is 0.218. The Balaban J connectivity index is 4.64. The van der Waals surface area contributed by atoms with Gasteiger partial charge in [-0.1, -0.05) is 46.5 Å². The summed E-state index contributed by atoms with van der Waals surface area (Å²) in [6.07, 6.45) is 10.3. The molecule has 0 aromatic carbocycles. The van der Waals surface area contributed by atoms with Gasteiger partial charge in [0, 0.05) is 0 Å². The SMILES string of the molecule is C#CC(C)(CCCCC)O[Si](C)(C)C(C)(C)C. The summed E-state index contributed by atoms with van der Waals surface area (Å²) in [7, 11) is -1.76. The van der Waals surface area contributed by atoms with E-state index in [1.54, 1.807) is 0 Å². The maximum Gasteiger partial charge on any atom is 0.194 e. The Morgan fingerprint density at radius 3 is 2.00 bits per heavy atom. The van der Waals surface area contributed by atoms with Crippen molar-refractivity contribution in [3.8, 4) is 12.3 Å². The van der Waals surface area contributed by atoms with E-state index in [9.17, 15) is 0 Å². The largest absolute Gasteiger partial charge is 0.401 e. The Bertz CT molecular complexity index is 270. The maximum absolute atomic E-state index is 6.39. The highest BCUT2D eigenvalue weighted by Crippen LogP contribution is 2.40. The minimum atomic E-state index is -1.76. The smallest absolute Gasteiger partial charge is 0.194 e. The standard InChI is InChI=1S/C15H30OSi/c1-9-11-12-13-15(6,10-2)16-17(7,8)14(3,4)5/h2H,9,11-13H2,1,3-8H3. The van der Waals surface area contributed by atoms with Crippen LogP contribution in [0.3, 0.4) is 0 Å². The highest BCUT2D eigenvalue weighted by Gasteiger charge is 2.42. The van der Waals surface area contributed by atoms with Gasteiger partial charge < -0.3 is 4.43 Å². The summed E-state index contributed by atoms with van der Waals surface area (Å²) in [6.45, 7) is 15.6. The molecule has 2 heteroatoms. The molecule has 0 N–H and O–H groups in total. The van der Waals surface area contributed by atoms with Gasteiger partial charge in [0.1, 0.15) is 5.60 Å². The molecule has 0 aliphatic carbocycles. The van der Waals surface area contributed by atoms with Crippen LogP contribution in [0.5, 0.6) is 0 Å². The molecule has 1 nitrogen and oxygen atoms in total. The lowest BCUT2D eigenvalue weighted by Crippen LogP contribution is -2.48. The highest BCUT2D eigenvalue weighted by molar-refractivity contribution is 6.74. The molecule has 100 valence electrons. The lowest BCUT2D eigenvalue weighted by atomic mass is 10.00. The molecule has 0 saturated heterocycles. The molecule has 0 heterocycles. The molecular formula is C15H30OSi. The summed E-state index contributed by atoms with van der Waals surface area (Å²) in [5, 5.41) is 0.218. The van der Waals surface area contributed by atoms with Gasteiger partial charge in [0.25, 0.3) is 0 Å². The minimum Gasteiger partial charge on any atom is -0.401 e. The third-order valence-corrected chi connectivity index (χ3v) is 8.42. The maximum atomic E-state index is 6.39. The zero-order chi connectivity index (χ0) is 13.7. The summed E-state index contributed by atoms with van der Waals surface area (Å²) in [6, 6.07) is 0. The van der Waals surface area contributed by atoms with Crippen LogP contribution in [0.1, 0.15) is 60.3 Å². The molecule has 17 heavy (non-hydrogen) atoms. The predicted molar refractivity (Wildman–Crippen MR) is 79.7 cm³/mol. The van der Waals surface area contributed by atoms with Crippen LogP contribution in [-0.2, 0) is 4.43 Å². The number of unbranched alkanes of at least 4 members (excludes halogenated alkanes) is 2. The van der Waals surface area contributed by atoms with E-state index >= 15 is 0 Å². The van der Waals surface area contributed by atoms with E-state index in [-0.39, 0.29) is 10.6 Å². The topological polar surface area (TPSA) is 9.23 Å². The van der Waals surface area contributed by atoms with Crippen LogP contribution in [0.15, 0.2) is 0 Å². The number of hydrogen-bond acceptors (Lipinski definition) is 1. The van der Waals surface area contributed by atoms with Gasteiger partial charge in [-0.25, -0.2) is 0 Å². The van der Waals surface area contributed by atoms with Crippen molar-refractivity contribution < 1.29 is 4.43 Å². The summed E-state index contributed by atoms with van der Waals surface area (Å²) >= 11 is 0. The number of hydrogen-bond donors (Lipinski definition) is 0. The van der Waals surface area contributed by atoms with Crippen LogP contribution in [0.2, 0.25) is 18.1 Å². The fraction of sp³-hybridized carbons (Fsp3) is 0.867. The summed E-state index contributed by atoms with van der Waals surface area (Å²) in [4.78, 5) is 0. The molecule has 0 fully saturated rings. The average Bonchev–Trinajstić information content (AvgIpc) is 2.15. The summed E-state index contributed by atoms with van der Waals surface area (Å²) in [5.74, 6) is 2.88. The molecule has 0 aliphatic heterocycles. The van der Waals surface area contributed by atoms with Crippen molar-refractivity contribution in [1.29, 1.82) is 0 Å². The zero-order valence-electron chi connectivity index (χ0n) is 12.8. The highest BCUT2D eigenvalue weighted by atomic mass is 28.4. The van der Waals surface area contributed by atoms with Gasteiger partial charge in [-0.2, -0.15) is 0 Å². The van der Waals surface area contributed by atoms with E-state index < -0.39 is 8.32 Å². The first-order chi connectivity index (χ1) is 7.58. The second-order valence-corrected chi connectivity index (χ2v) is 11.4. The first kappa shape index (κ1) is 16.7. The van der Waals surface area contributed by atoms with Crippen molar-refractivity contribution >= 4 is 8.32 Å². The molecule has 0 amide bonds. The Labute approximate surface area is 109 Å². The summed E-state index contributed by atoms with van der Waals surface area (Å²) in [5.41, 5.74) is -0.377. The Morgan fingerprint density at radius 2 is 1.65 bits per heavy atom. The molecule has 0 radical (unpaired) electrons. The number of rotatable bonds is 6. The fourth-order valence-corrected chi connectivity index (χ4v) is 3.17. The van der Waals surface area contributed by atoms with Crippen molar-refractivity contribution in [1.82, 2.24) is 0 Å². The average molecular weight is 254 g/mol. The molecule has 0 spiro atoms. The van der Waals surface area contributed by atoms with Crippen molar-refractivity contribution in [3.05, 3.63) is 0 Å². The van der Waals surface area contributed by atoms with Crippen molar-refractivity contribution in [2.45, 2.75) is 84.0 Å². The third-order valence-electron chi connectivity index (χ3n) is 3.85. The van der Waals surface area contributed by atoms with Gasteiger partial charge in [-0.05, 0) is 37.9 Å². The first-order valence-corrected chi connectivity index (χ1v) is 9.67. The molecule has 0 aliphatic rings. The van der Waals surface area contributed by atoms with Crippen LogP contribution in [0.4, 0.5) is 0 Å². The van der Waals surface area contributed by atoms with E-state index in [0.29, 0.717) is 0 Å². The quantitative estimate of drug-likeness (QED) is 0.369.